The maximum Gasteiger partial charge on any atom is 0.254 e. The van der Waals surface area contributed by atoms with E-state index in [4.69, 9.17) is 4.74 Å². The van der Waals surface area contributed by atoms with Gasteiger partial charge in [0.05, 0.1) is 18.8 Å². The molecule has 0 aliphatic carbocycles. The van der Waals surface area contributed by atoms with E-state index in [1.165, 1.54) is 5.56 Å². The SMILES string of the molecule is Cc1cc(C)n(C[C@H](C)NC(=O)[C@H]2OCCc3ccccc32)n1. The highest BCUT2D eigenvalue weighted by Gasteiger charge is 2.28. The fourth-order valence-corrected chi connectivity index (χ4v) is 3.09. The van der Waals surface area contributed by atoms with Crippen molar-refractivity contribution in [3.05, 3.63) is 52.8 Å². The summed E-state index contributed by atoms with van der Waals surface area (Å²) >= 11 is 0. The largest absolute Gasteiger partial charge is 0.363 e. The summed E-state index contributed by atoms with van der Waals surface area (Å²) in [6.07, 6.45) is 0.351. The molecule has 2 heterocycles. The van der Waals surface area contributed by atoms with Crippen LogP contribution in [-0.4, -0.2) is 28.3 Å². The van der Waals surface area contributed by atoms with Crippen LogP contribution in [0.5, 0.6) is 0 Å². The van der Waals surface area contributed by atoms with Crippen molar-refractivity contribution in [1.82, 2.24) is 15.1 Å². The number of aryl methyl sites for hydroxylation is 2. The van der Waals surface area contributed by atoms with Crippen LogP contribution in [0.2, 0.25) is 0 Å². The molecule has 0 fully saturated rings. The lowest BCUT2D eigenvalue weighted by Gasteiger charge is -2.26. The average molecular weight is 313 g/mol. The van der Waals surface area contributed by atoms with E-state index in [-0.39, 0.29) is 11.9 Å². The molecule has 1 amide bonds. The molecule has 1 aromatic carbocycles. The Balaban J connectivity index is 1.66. The van der Waals surface area contributed by atoms with E-state index >= 15 is 0 Å². The number of fused-ring (bicyclic) bond motifs is 1. The summed E-state index contributed by atoms with van der Waals surface area (Å²) in [7, 11) is 0. The second kappa shape index (κ2) is 6.54. The molecular weight excluding hydrogens is 290 g/mol. The van der Waals surface area contributed by atoms with Crippen molar-refractivity contribution < 1.29 is 9.53 Å². The minimum atomic E-state index is -0.511. The van der Waals surface area contributed by atoms with E-state index in [9.17, 15) is 4.79 Å². The van der Waals surface area contributed by atoms with E-state index in [0.29, 0.717) is 13.2 Å². The van der Waals surface area contributed by atoms with Crippen LogP contribution in [0.1, 0.15) is 35.5 Å². The zero-order valence-electron chi connectivity index (χ0n) is 13.9. The van der Waals surface area contributed by atoms with Gasteiger partial charge in [-0.25, -0.2) is 0 Å². The van der Waals surface area contributed by atoms with Crippen molar-refractivity contribution in [3.63, 3.8) is 0 Å². The summed E-state index contributed by atoms with van der Waals surface area (Å²) in [6.45, 7) is 7.22. The zero-order valence-corrected chi connectivity index (χ0v) is 13.9. The molecule has 0 radical (unpaired) electrons. The topological polar surface area (TPSA) is 56.2 Å². The van der Waals surface area contributed by atoms with Crippen molar-refractivity contribution in [2.24, 2.45) is 0 Å². The highest BCUT2D eigenvalue weighted by atomic mass is 16.5. The van der Waals surface area contributed by atoms with Crippen molar-refractivity contribution >= 4 is 5.91 Å². The van der Waals surface area contributed by atoms with Gasteiger partial charge in [0.1, 0.15) is 0 Å². The molecule has 2 aromatic rings. The number of hydrogen-bond donors (Lipinski definition) is 1. The molecule has 5 nitrogen and oxygen atoms in total. The molecule has 3 rings (SSSR count). The van der Waals surface area contributed by atoms with Crippen LogP contribution >= 0.6 is 0 Å². The molecule has 0 saturated heterocycles. The van der Waals surface area contributed by atoms with Gasteiger partial charge in [-0.1, -0.05) is 24.3 Å². The van der Waals surface area contributed by atoms with E-state index in [0.717, 1.165) is 23.4 Å². The molecule has 1 aliphatic rings. The fraction of sp³-hybridized carbons (Fsp3) is 0.444. The number of nitrogens with one attached hydrogen (secondary N) is 1. The number of amides is 1. The Hall–Kier alpha value is -2.14. The summed E-state index contributed by atoms with van der Waals surface area (Å²) in [6, 6.07) is 10.0. The molecule has 122 valence electrons. The summed E-state index contributed by atoms with van der Waals surface area (Å²) in [5.74, 6) is -0.0776. The summed E-state index contributed by atoms with van der Waals surface area (Å²) in [4.78, 5) is 12.6. The Labute approximate surface area is 136 Å². The van der Waals surface area contributed by atoms with Gasteiger partial charge in [-0.05, 0) is 44.4 Å². The standard InChI is InChI=1S/C18H23N3O2/c1-12-10-14(3)21(20-12)11-13(2)19-18(22)17-16-7-5-4-6-15(16)8-9-23-17/h4-7,10,13,17H,8-9,11H2,1-3H3,(H,19,22)/t13-,17-/m0/s1. The smallest absolute Gasteiger partial charge is 0.254 e. The molecule has 0 saturated carbocycles. The lowest BCUT2D eigenvalue weighted by Crippen LogP contribution is -2.41. The summed E-state index contributed by atoms with van der Waals surface area (Å²) < 4.78 is 7.64. The van der Waals surface area contributed by atoms with Gasteiger partial charge in [0, 0.05) is 11.7 Å². The molecule has 1 N–H and O–H groups in total. The third-order valence-electron chi connectivity index (χ3n) is 4.17. The predicted octanol–water partition coefficient (Wildman–Crippen LogP) is 2.32. The molecular formula is C18H23N3O2. The van der Waals surface area contributed by atoms with Crippen molar-refractivity contribution in [2.45, 2.75) is 45.9 Å². The molecule has 0 unspecified atom stereocenters. The molecule has 0 bridgehead atoms. The van der Waals surface area contributed by atoms with Crippen LogP contribution in [0.3, 0.4) is 0 Å². The second-order valence-corrected chi connectivity index (χ2v) is 6.22. The van der Waals surface area contributed by atoms with Gasteiger partial charge in [0.2, 0.25) is 0 Å². The minimum Gasteiger partial charge on any atom is -0.363 e. The molecule has 23 heavy (non-hydrogen) atoms. The Bertz CT molecular complexity index is 708. The third-order valence-corrected chi connectivity index (χ3v) is 4.17. The number of ether oxygens (including phenoxy) is 1. The third kappa shape index (κ3) is 3.45. The Morgan fingerprint density at radius 2 is 2.22 bits per heavy atom. The van der Waals surface area contributed by atoms with E-state index in [1.807, 2.05) is 49.7 Å². The lowest BCUT2D eigenvalue weighted by molar-refractivity contribution is -0.134. The van der Waals surface area contributed by atoms with Crippen molar-refractivity contribution in [2.75, 3.05) is 6.61 Å². The molecule has 0 spiro atoms. The van der Waals surface area contributed by atoms with Crippen LogP contribution in [0.25, 0.3) is 0 Å². The number of rotatable bonds is 4. The fourth-order valence-electron chi connectivity index (χ4n) is 3.09. The van der Waals surface area contributed by atoms with Gasteiger partial charge in [-0.3, -0.25) is 9.48 Å². The monoisotopic (exact) mass is 313 g/mol. The molecule has 1 aliphatic heterocycles. The molecule has 5 heteroatoms. The average Bonchev–Trinajstić information content (AvgIpc) is 2.84. The summed E-state index contributed by atoms with van der Waals surface area (Å²) in [5, 5.41) is 7.49. The predicted molar refractivity (Wildman–Crippen MR) is 88.1 cm³/mol. The van der Waals surface area contributed by atoms with Crippen LogP contribution in [0.15, 0.2) is 30.3 Å². The van der Waals surface area contributed by atoms with Crippen molar-refractivity contribution in [1.29, 1.82) is 0 Å². The minimum absolute atomic E-state index is 0.0156. The number of benzene rings is 1. The molecule has 1 aromatic heterocycles. The number of nitrogens with zero attached hydrogens (tertiary/aromatic N) is 2. The van der Waals surface area contributed by atoms with Gasteiger partial charge >= 0.3 is 0 Å². The van der Waals surface area contributed by atoms with Crippen molar-refractivity contribution in [3.8, 4) is 0 Å². The number of carbonyl (C=O) groups is 1. The Morgan fingerprint density at radius 3 is 2.96 bits per heavy atom. The quantitative estimate of drug-likeness (QED) is 0.942. The van der Waals surface area contributed by atoms with Gasteiger partial charge in [0.15, 0.2) is 6.10 Å². The lowest BCUT2D eigenvalue weighted by atomic mass is 9.97. The first-order valence-corrected chi connectivity index (χ1v) is 8.05. The first-order valence-electron chi connectivity index (χ1n) is 8.05. The Kier molecular flexibility index (Phi) is 4.48. The number of hydrogen-bond acceptors (Lipinski definition) is 3. The first-order chi connectivity index (χ1) is 11.0. The van der Waals surface area contributed by atoms with Crippen LogP contribution in [0.4, 0.5) is 0 Å². The van der Waals surface area contributed by atoms with Gasteiger partial charge in [-0.2, -0.15) is 5.10 Å². The van der Waals surface area contributed by atoms with Crippen LogP contribution in [-0.2, 0) is 22.5 Å². The second-order valence-electron chi connectivity index (χ2n) is 6.22. The number of carbonyl (C=O) groups excluding carboxylic acids is 1. The van der Waals surface area contributed by atoms with Gasteiger partial charge in [0.25, 0.3) is 5.91 Å². The normalized spacial score (nSPS) is 18.3. The first kappa shape index (κ1) is 15.7. The van der Waals surface area contributed by atoms with Gasteiger partial charge in [-0.15, -0.1) is 0 Å². The van der Waals surface area contributed by atoms with E-state index < -0.39 is 6.10 Å². The zero-order chi connectivity index (χ0) is 16.4. The van der Waals surface area contributed by atoms with Crippen LogP contribution in [0, 0.1) is 13.8 Å². The van der Waals surface area contributed by atoms with E-state index in [1.54, 1.807) is 0 Å². The van der Waals surface area contributed by atoms with Crippen LogP contribution < -0.4 is 5.32 Å². The highest BCUT2D eigenvalue weighted by molar-refractivity contribution is 5.83. The van der Waals surface area contributed by atoms with E-state index in [2.05, 4.69) is 16.5 Å². The number of aromatic nitrogens is 2. The Morgan fingerprint density at radius 1 is 1.43 bits per heavy atom. The maximum atomic E-state index is 12.6. The summed E-state index contributed by atoms with van der Waals surface area (Å²) in [5.41, 5.74) is 4.27. The maximum absolute atomic E-state index is 12.6. The molecule has 2 atom stereocenters. The highest BCUT2D eigenvalue weighted by Crippen LogP contribution is 2.27. The van der Waals surface area contributed by atoms with Gasteiger partial charge < -0.3 is 10.1 Å².